The number of rotatable bonds is 5. The van der Waals surface area contributed by atoms with E-state index < -0.39 is 0 Å². The van der Waals surface area contributed by atoms with Crippen LogP contribution in [0.5, 0.6) is 0 Å². The third-order valence-electron chi connectivity index (χ3n) is 3.11. The third-order valence-corrected chi connectivity index (χ3v) is 3.34. The number of nitrogens with one attached hydrogen (secondary N) is 1. The molecular formula is C15H17ClN2O2. The molecule has 0 saturated carbocycles. The number of halogens is 1. The maximum atomic E-state index is 11.8. The van der Waals surface area contributed by atoms with E-state index in [1.54, 1.807) is 29.0 Å². The van der Waals surface area contributed by atoms with Gasteiger partial charge in [0, 0.05) is 29.2 Å². The normalized spacial score (nSPS) is 10.7. The predicted molar refractivity (Wildman–Crippen MR) is 81.1 cm³/mol. The van der Waals surface area contributed by atoms with Gasteiger partial charge >= 0.3 is 0 Å². The molecular weight excluding hydrogens is 276 g/mol. The fourth-order valence-electron chi connectivity index (χ4n) is 2.04. The molecule has 2 aromatic rings. The Bertz CT molecular complexity index is 679. The summed E-state index contributed by atoms with van der Waals surface area (Å²) in [5.41, 5.74) is 0.623. The summed E-state index contributed by atoms with van der Waals surface area (Å²) in [4.78, 5) is 23.7. The maximum Gasteiger partial charge on any atom is 0.239 e. The first kappa shape index (κ1) is 14.6. The quantitative estimate of drug-likeness (QED) is 0.861. The Balaban J connectivity index is 2.25. The van der Waals surface area contributed by atoms with Crippen molar-refractivity contribution in [3.8, 4) is 0 Å². The molecule has 5 heteroatoms. The zero-order valence-corrected chi connectivity index (χ0v) is 12.1. The van der Waals surface area contributed by atoms with Gasteiger partial charge < -0.3 is 9.88 Å². The Labute approximate surface area is 122 Å². The van der Waals surface area contributed by atoms with E-state index in [0.29, 0.717) is 22.5 Å². The number of benzene rings is 1. The van der Waals surface area contributed by atoms with E-state index in [-0.39, 0.29) is 17.9 Å². The average Bonchev–Trinajstić information content (AvgIpc) is 2.42. The zero-order valence-electron chi connectivity index (χ0n) is 11.4. The first-order valence-electron chi connectivity index (χ1n) is 6.67. The standard InChI is InChI=1S/C15H17ClN2O2/c1-2-3-7-17-15(20)10-18-8-6-14(19)12-9-11(16)4-5-13(12)18/h4-6,8-9H,2-3,7,10H2,1H3,(H,17,20). The van der Waals surface area contributed by atoms with E-state index in [1.807, 2.05) is 0 Å². The lowest BCUT2D eigenvalue weighted by Crippen LogP contribution is -2.28. The highest BCUT2D eigenvalue weighted by molar-refractivity contribution is 6.31. The number of amides is 1. The van der Waals surface area contributed by atoms with E-state index in [0.717, 1.165) is 12.8 Å². The first-order chi connectivity index (χ1) is 9.61. The van der Waals surface area contributed by atoms with Gasteiger partial charge in [0.05, 0.1) is 5.52 Å². The van der Waals surface area contributed by atoms with Crippen LogP contribution in [0.3, 0.4) is 0 Å². The van der Waals surface area contributed by atoms with Crippen molar-refractivity contribution in [2.45, 2.75) is 26.3 Å². The summed E-state index contributed by atoms with van der Waals surface area (Å²) < 4.78 is 1.76. The number of nitrogens with zero attached hydrogens (tertiary/aromatic N) is 1. The molecule has 106 valence electrons. The minimum absolute atomic E-state index is 0.0571. The number of pyridine rings is 1. The number of aromatic nitrogens is 1. The van der Waals surface area contributed by atoms with Gasteiger partial charge in [0.1, 0.15) is 6.54 Å². The third kappa shape index (κ3) is 3.39. The fraction of sp³-hybridized carbons (Fsp3) is 0.333. The van der Waals surface area contributed by atoms with Gasteiger partial charge in [-0.3, -0.25) is 9.59 Å². The smallest absolute Gasteiger partial charge is 0.239 e. The van der Waals surface area contributed by atoms with Crippen LogP contribution in [-0.4, -0.2) is 17.0 Å². The molecule has 0 unspecified atom stereocenters. The lowest BCUT2D eigenvalue weighted by atomic mass is 10.2. The number of carbonyl (C=O) groups is 1. The Morgan fingerprint density at radius 1 is 1.35 bits per heavy atom. The van der Waals surface area contributed by atoms with Crippen molar-refractivity contribution in [3.05, 3.63) is 45.7 Å². The zero-order chi connectivity index (χ0) is 14.5. The lowest BCUT2D eigenvalue weighted by Gasteiger charge is -2.11. The number of hydrogen-bond donors (Lipinski definition) is 1. The molecule has 20 heavy (non-hydrogen) atoms. The molecule has 0 aliphatic carbocycles. The van der Waals surface area contributed by atoms with Gasteiger partial charge in [-0.1, -0.05) is 24.9 Å². The summed E-state index contributed by atoms with van der Waals surface area (Å²) in [5, 5.41) is 3.90. The lowest BCUT2D eigenvalue weighted by molar-refractivity contribution is -0.121. The van der Waals surface area contributed by atoms with Crippen LogP contribution in [0.2, 0.25) is 5.02 Å². The largest absolute Gasteiger partial charge is 0.355 e. The van der Waals surface area contributed by atoms with E-state index in [2.05, 4.69) is 12.2 Å². The van der Waals surface area contributed by atoms with Crippen LogP contribution < -0.4 is 10.7 Å². The van der Waals surface area contributed by atoms with Crippen molar-refractivity contribution in [3.63, 3.8) is 0 Å². The van der Waals surface area contributed by atoms with Crippen molar-refractivity contribution in [2.75, 3.05) is 6.54 Å². The van der Waals surface area contributed by atoms with Gasteiger partial charge in [-0.15, -0.1) is 0 Å². The Hall–Kier alpha value is -1.81. The molecule has 0 spiro atoms. The minimum atomic E-state index is -0.0925. The fourth-order valence-corrected chi connectivity index (χ4v) is 2.21. The van der Waals surface area contributed by atoms with Crippen LogP contribution in [-0.2, 0) is 11.3 Å². The molecule has 1 aromatic carbocycles. The highest BCUT2D eigenvalue weighted by Crippen LogP contribution is 2.16. The summed E-state index contributed by atoms with van der Waals surface area (Å²) in [6.45, 7) is 2.95. The van der Waals surface area contributed by atoms with Gasteiger partial charge in [0.2, 0.25) is 5.91 Å². The second kappa shape index (κ2) is 6.57. The second-order valence-electron chi connectivity index (χ2n) is 4.67. The highest BCUT2D eigenvalue weighted by atomic mass is 35.5. The Kier molecular flexibility index (Phi) is 4.79. The topological polar surface area (TPSA) is 51.1 Å². The molecule has 0 saturated heterocycles. The second-order valence-corrected chi connectivity index (χ2v) is 5.11. The molecule has 0 fully saturated rings. The molecule has 0 bridgehead atoms. The monoisotopic (exact) mass is 292 g/mol. The highest BCUT2D eigenvalue weighted by Gasteiger charge is 2.07. The van der Waals surface area contributed by atoms with E-state index in [1.165, 1.54) is 6.07 Å². The number of fused-ring (bicyclic) bond motifs is 1. The van der Waals surface area contributed by atoms with Gasteiger partial charge in [-0.2, -0.15) is 0 Å². The molecule has 0 radical (unpaired) electrons. The van der Waals surface area contributed by atoms with Crippen molar-refractivity contribution < 1.29 is 4.79 Å². The molecule has 2 rings (SSSR count). The molecule has 0 aliphatic heterocycles. The number of unbranched alkanes of at least 4 members (excludes halogenated alkanes) is 1. The summed E-state index contributed by atoms with van der Waals surface area (Å²) >= 11 is 5.91. The summed E-state index contributed by atoms with van der Waals surface area (Å²) in [6.07, 6.45) is 3.64. The predicted octanol–water partition coefficient (Wildman–Crippen LogP) is 2.57. The van der Waals surface area contributed by atoms with Gasteiger partial charge in [0.15, 0.2) is 5.43 Å². The van der Waals surface area contributed by atoms with Gasteiger partial charge in [-0.25, -0.2) is 0 Å². The number of carbonyl (C=O) groups excluding carboxylic acids is 1. The minimum Gasteiger partial charge on any atom is -0.355 e. The summed E-state index contributed by atoms with van der Waals surface area (Å²) in [7, 11) is 0. The van der Waals surface area contributed by atoms with Crippen LogP contribution in [0.4, 0.5) is 0 Å². The van der Waals surface area contributed by atoms with Crippen LogP contribution in [0.1, 0.15) is 19.8 Å². The van der Waals surface area contributed by atoms with Crippen molar-refractivity contribution in [1.29, 1.82) is 0 Å². The summed E-state index contributed by atoms with van der Waals surface area (Å²) in [6, 6.07) is 6.57. The Morgan fingerprint density at radius 2 is 2.15 bits per heavy atom. The maximum absolute atomic E-state index is 11.8. The van der Waals surface area contributed by atoms with Gasteiger partial charge in [0.25, 0.3) is 0 Å². The molecule has 0 aliphatic rings. The number of hydrogen-bond acceptors (Lipinski definition) is 2. The molecule has 1 heterocycles. The molecule has 1 amide bonds. The SMILES string of the molecule is CCCCNC(=O)Cn1ccc(=O)c2cc(Cl)ccc21. The average molecular weight is 293 g/mol. The van der Waals surface area contributed by atoms with Crippen molar-refractivity contribution >= 4 is 28.4 Å². The van der Waals surface area contributed by atoms with Crippen molar-refractivity contribution in [1.82, 2.24) is 9.88 Å². The van der Waals surface area contributed by atoms with Crippen molar-refractivity contribution in [2.24, 2.45) is 0 Å². The van der Waals surface area contributed by atoms with E-state index in [9.17, 15) is 9.59 Å². The molecule has 1 N–H and O–H groups in total. The molecule has 1 aromatic heterocycles. The van der Waals surface area contributed by atoms with E-state index in [4.69, 9.17) is 11.6 Å². The van der Waals surface area contributed by atoms with E-state index >= 15 is 0 Å². The molecule has 0 atom stereocenters. The van der Waals surface area contributed by atoms with Crippen LogP contribution in [0.15, 0.2) is 35.3 Å². The summed E-state index contributed by atoms with van der Waals surface area (Å²) in [5.74, 6) is -0.0571. The van der Waals surface area contributed by atoms with Gasteiger partial charge in [-0.05, 0) is 24.6 Å². The van der Waals surface area contributed by atoms with Crippen LogP contribution in [0.25, 0.3) is 10.9 Å². The Morgan fingerprint density at radius 3 is 2.90 bits per heavy atom. The first-order valence-corrected chi connectivity index (χ1v) is 7.05. The van der Waals surface area contributed by atoms with Crippen LogP contribution >= 0.6 is 11.6 Å². The van der Waals surface area contributed by atoms with Crippen LogP contribution in [0, 0.1) is 0 Å². The molecule has 4 nitrogen and oxygen atoms in total.